The number of rotatable bonds is 11. The Labute approximate surface area is 208 Å². The summed E-state index contributed by atoms with van der Waals surface area (Å²) in [5, 5.41) is 12.2. The number of nitrogens with one attached hydrogen (secondary N) is 1. The van der Waals surface area contributed by atoms with Gasteiger partial charge in [-0.1, -0.05) is 37.0 Å². The van der Waals surface area contributed by atoms with Gasteiger partial charge in [-0.3, -0.25) is 9.10 Å². The van der Waals surface area contributed by atoms with Gasteiger partial charge in [-0.15, -0.1) is 0 Å². The lowest BCUT2D eigenvalue weighted by atomic mass is 10.0. The summed E-state index contributed by atoms with van der Waals surface area (Å²) in [4.78, 5) is 23.4. The highest BCUT2D eigenvalue weighted by molar-refractivity contribution is 7.92. The van der Waals surface area contributed by atoms with Gasteiger partial charge in [-0.2, -0.15) is 0 Å². The van der Waals surface area contributed by atoms with E-state index in [0.29, 0.717) is 5.02 Å². The van der Waals surface area contributed by atoms with Crippen LogP contribution in [0, 0.1) is 11.7 Å². The topological polar surface area (TPSA) is 104 Å². The maximum atomic E-state index is 14.7. The summed E-state index contributed by atoms with van der Waals surface area (Å²) in [5.74, 6) is -2.67. The second kappa shape index (κ2) is 11.9. The maximum absolute atomic E-state index is 14.7. The zero-order valence-electron chi connectivity index (χ0n) is 19.0. The molecule has 34 heavy (non-hydrogen) atoms. The van der Waals surface area contributed by atoms with E-state index in [0.717, 1.165) is 10.4 Å². The van der Waals surface area contributed by atoms with Crippen molar-refractivity contribution >= 4 is 50.8 Å². The van der Waals surface area contributed by atoms with Crippen LogP contribution in [-0.4, -0.2) is 37.5 Å². The molecule has 0 bridgehead atoms. The van der Waals surface area contributed by atoms with Gasteiger partial charge in [0, 0.05) is 22.5 Å². The van der Waals surface area contributed by atoms with Crippen LogP contribution in [0.2, 0.25) is 10.0 Å². The number of carbonyl (C=O) groups is 2. The molecule has 2 aromatic carbocycles. The Kier molecular flexibility index (Phi) is 9.73. The van der Waals surface area contributed by atoms with Crippen molar-refractivity contribution < 1.29 is 27.5 Å². The van der Waals surface area contributed by atoms with Gasteiger partial charge >= 0.3 is 5.97 Å². The Hall–Kier alpha value is -2.36. The first kappa shape index (κ1) is 27.9. The van der Waals surface area contributed by atoms with E-state index in [-0.39, 0.29) is 40.8 Å². The normalized spacial score (nSPS) is 13.4. The third-order valence-electron chi connectivity index (χ3n) is 5.19. The first-order valence-corrected chi connectivity index (χ1v) is 12.8. The number of hydrogen-bond acceptors (Lipinski definition) is 4. The third-order valence-corrected chi connectivity index (χ3v) is 7.62. The van der Waals surface area contributed by atoms with E-state index >= 15 is 0 Å². The largest absolute Gasteiger partial charge is 0.480 e. The molecule has 0 heterocycles. The fraction of sp³-hybridized carbons (Fsp3) is 0.391. The van der Waals surface area contributed by atoms with Crippen molar-refractivity contribution in [2.75, 3.05) is 4.31 Å². The smallest absolute Gasteiger partial charge is 0.326 e. The van der Waals surface area contributed by atoms with Crippen LogP contribution in [0.5, 0.6) is 0 Å². The molecule has 0 aliphatic heterocycles. The number of amides is 1. The van der Waals surface area contributed by atoms with E-state index < -0.39 is 39.8 Å². The Bertz CT molecular complexity index is 1130. The number of aliphatic carboxylic acids is 1. The number of halogens is 3. The van der Waals surface area contributed by atoms with Crippen molar-refractivity contribution in [2.24, 2.45) is 5.92 Å². The van der Waals surface area contributed by atoms with E-state index in [2.05, 4.69) is 5.32 Å². The highest BCUT2D eigenvalue weighted by Crippen LogP contribution is 2.32. The Morgan fingerprint density at radius 2 is 1.65 bits per heavy atom. The minimum atomic E-state index is -4.20. The van der Waals surface area contributed by atoms with Crippen LogP contribution in [0.25, 0.3) is 0 Å². The lowest BCUT2D eigenvalue weighted by molar-refractivity contribution is -0.143. The summed E-state index contributed by atoms with van der Waals surface area (Å²) in [5.41, 5.74) is -0.217. The second-order valence-electron chi connectivity index (χ2n) is 8.22. The lowest BCUT2D eigenvalue weighted by Crippen LogP contribution is -2.44. The van der Waals surface area contributed by atoms with Crippen LogP contribution in [-0.2, 0) is 19.6 Å². The minimum Gasteiger partial charge on any atom is -0.480 e. The molecule has 2 atom stereocenters. The number of carboxylic acids is 1. The molecule has 0 aliphatic carbocycles. The summed E-state index contributed by atoms with van der Waals surface area (Å²) < 4.78 is 42.6. The molecule has 7 nitrogen and oxygen atoms in total. The Balaban J connectivity index is 2.26. The monoisotopic (exact) mass is 532 g/mol. The number of hydrogen-bond donors (Lipinski definition) is 2. The van der Waals surface area contributed by atoms with Crippen LogP contribution in [0.4, 0.5) is 10.1 Å². The van der Waals surface area contributed by atoms with Crippen molar-refractivity contribution in [1.29, 1.82) is 0 Å². The average molecular weight is 533 g/mol. The van der Waals surface area contributed by atoms with Gasteiger partial charge in [0.2, 0.25) is 5.91 Å². The first-order valence-electron chi connectivity index (χ1n) is 10.6. The SMILES string of the molecule is CC(C)[C@@H](NC(=O)CCC[C@@H](C)N(c1cc(Cl)ccc1F)S(=O)(=O)c1ccc(Cl)cc1)C(=O)O. The van der Waals surface area contributed by atoms with Gasteiger partial charge in [-0.05, 0) is 68.1 Å². The third kappa shape index (κ3) is 7.07. The van der Waals surface area contributed by atoms with Gasteiger partial charge in [-0.25, -0.2) is 17.6 Å². The second-order valence-corrected chi connectivity index (χ2v) is 10.9. The molecular formula is C23H27Cl2FN2O5S. The molecule has 2 aromatic rings. The predicted octanol–water partition coefficient (Wildman–Crippen LogP) is 5.11. The standard InChI is InChI=1S/C23H27Cl2FN2O5S/c1-14(2)22(23(30)31)27-21(29)6-4-5-15(3)28(20-13-17(25)9-12-19(20)26)34(32,33)18-10-7-16(24)8-11-18/h7-15,22H,4-6H2,1-3H3,(H,27,29)(H,30,31)/t15-,22-/m1/s1. The lowest BCUT2D eigenvalue weighted by Gasteiger charge is -2.31. The molecule has 0 unspecified atom stereocenters. The van der Waals surface area contributed by atoms with Gasteiger partial charge in [0.1, 0.15) is 11.9 Å². The fourth-order valence-corrected chi connectivity index (χ4v) is 5.39. The fourth-order valence-electron chi connectivity index (χ4n) is 3.41. The molecule has 1 amide bonds. The molecule has 2 N–H and O–H groups in total. The highest BCUT2D eigenvalue weighted by atomic mass is 35.5. The number of benzene rings is 2. The van der Waals surface area contributed by atoms with E-state index in [1.54, 1.807) is 20.8 Å². The number of nitrogens with zero attached hydrogens (tertiary/aromatic N) is 1. The van der Waals surface area contributed by atoms with Gasteiger partial charge in [0.15, 0.2) is 0 Å². The van der Waals surface area contributed by atoms with Gasteiger partial charge < -0.3 is 10.4 Å². The van der Waals surface area contributed by atoms with Crippen LogP contribution >= 0.6 is 23.2 Å². The van der Waals surface area contributed by atoms with E-state index in [1.165, 1.54) is 36.4 Å². The highest BCUT2D eigenvalue weighted by Gasteiger charge is 2.32. The van der Waals surface area contributed by atoms with Crippen molar-refractivity contribution in [3.05, 3.63) is 58.3 Å². The van der Waals surface area contributed by atoms with Crippen molar-refractivity contribution in [3.63, 3.8) is 0 Å². The van der Waals surface area contributed by atoms with E-state index in [4.69, 9.17) is 23.2 Å². The quantitative estimate of drug-likeness (QED) is 0.418. The summed E-state index contributed by atoms with van der Waals surface area (Å²) >= 11 is 11.9. The summed E-state index contributed by atoms with van der Waals surface area (Å²) in [6.07, 6.45) is 0.422. The van der Waals surface area contributed by atoms with Crippen LogP contribution < -0.4 is 9.62 Å². The molecule has 186 valence electrons. The molecule has 0 saturated carbocycles. The summed E-state index contributed by atoms with van der Waals surface area (Å²) in [7, 11) is -4.20. The Morgan fingerprint density at radius 3 is 2.21 bits per heavy atom. The van der Waals surface area contributed by atoms with Crippen molar-refractivity contribution in [1.82, 2.24) is 5.32 Å². The molecule has 0 spiro atoms. The predicted molar refractivity (Wildman–Crippen MR) is 130 cm³/mol. The molecule has 0 saturated heterocycles. The molecule has 0 radical (unpaired) electrons. The molecule has 11 heteroatoms. The zero-order chi connectivity index (χ0) is 25.6. The van der Waals surface area contributed by atoms with Gasteiger partial charge in [0.25, 0.3) is 10.0 Å². The van der Waals surface area contributed by atoms with Crippen molar-refractivity contribution in [3.8, 4) is 0 Å². The minimum absolute atomic E-state index is 0.0201. The zero-order valence-corrected chi connectivity index (χ0v) is 21.3. The summed E-state index contributed by atoms with van der Waals surface area (Å²) in [6, 6.07) is 7.35. The van der Waals surface area contributed by atoms with Crippen LogP contribution in [0.1, 0.15) is 40.0 Å². The first-order chi connectivity index (χ1) is 15.8. The number of sulfonamides is 1. The molecular weight excluding hydrogens is 506 g/mol. The van der Waals surface area contributed by atoms with Gasteiger partial charge in [0.05, 0.1) is 10.6 Å². The van der Waals surface area contributed by atoms with E-state index in [1.807, 2.05) is 0 Å². The molecule has 0 fully saturated rings. The Morgan fingerprint density at radius 1 is 1.06 bits per heavy atom. The van der Waals surface area contributed by atoms with E-state index in [9.17, 15) is 27.5 Å². The molecule has 0 aliphatic rings. The van der Waals surface area contributed by atoms with Crippen LogP contribution in [0.3, 0.4) is 0 Å². The number of anilines is 1. The molecule has 0 aromatic heterocycles. The molecule has 2 rings (SSSR count). The number of carbonyl (C=O) groups excluding carboxylic acids is 1. The maximum Gasteiger partial charge on any atom is 0.326 e. The van der Waals surface area contributed by atoms with Crippen LogP contribution in [0.15, 0.2) is 47.4 Å². The number of carboxylic acid groups (broad SMARTS) is 1. The summed E-state index contributed by atoms with van der Waals surface area (Å²) in [6.45, 7) is 4.96. The average Bonchev–Trinajstić information content (AvgIpc) is 2.74. The van der Waals surface area contributed by atoms with Crippen molar-refractivity contribution in [2.45, 2.75) is 57.0 Å².